The fourth-order valence-electron chi connectivity index (χ4n) is 3.80. The summed E-state index contributed by atoms with van der Waals surface area (Å²) in [5.41, 5.74) is 2.23. The number of allylic oxidation sites excluding steroid dienone is 1. The lowest BCUT2D eigenvalue weighted by Crippen LogP contribution is -2.48. The van der Waals surface area contributed by atoms with Crippen molar-refractivity contribution in [3.8, 4) is 5.75 Å². The third-order valence-corrected chi connectivity index (χ3v) is 5.02. The Morgan fingerprint density at radius 1 is 1.43 bits per heavy atom. The number of hydrogen-bond acceptors (Lipinski definition) is 3. The Balaban J connectivity index is 1.79. The minimum atomic E-state index is -0.296. The molecule has 1 aromatic rings. The van der Waals surface area contributed by atoms with Crippen LogP contribution >= 0.6 is 0 Å². The van der Waals surface area contributed by atoms with Gasteiger partial charge in [0.1, 0.15) is 11.4 Å². The minimum absolute atomic E-state index is 0.218. The number of fused-ring (bicyclic) bond motifs is 2. The topological polar surface area (TPSA) is 38.8 Å². The summed E-state index contributed by atoms with van der Waals surface area (Å²) in [6.07, 6.45) is 5.69. The predicted molar refractivity (Wildman–Crippen MR) is 89.6 cm³/mol. The Bertz CT molecular complexity index is 574. The van der Waals surface area contributed by atoms with Crippen molar-refractivity contribution >= 4 is 5.91 Å². The maximum Gasteiger partial charge on any atom is 0.222 e. The molecule has 0 radical (unpaired) electrons. The number of carbonyl (C=O) groups excluding carboxylic acids is 1. The number of methoxy groups -OCH3 is 1. The highest BCUT2D eigenvalue weighted by atomic mass is 16.5. The van der Waals surface area contributed by atoms with Crippen molar-refractivity contribution in [1.29, 1.82) is 0 Å². The molecule has 1 aromatic carbocycles. The Labute approximate surface area is 138 Å². The van der Waals surface area contributed by atoms with Crippen molar-refractivity contribution in [1.82, 2.24) is 4.90 Å². The van der Waals surface area contributed by atoms with E-state index in [1.807, 2.05) is 17.0 Å². The van der Waals surface area contributed by atoms with Crippen molar-refractivity contribution in [3.05, 3.63) is 42.0 Å². The van der Waals surface area contributed by atoms with Crippen LogP contribution in [0.1, 0.15) is 36.8 Å². The summed E-state index contributed by atoms with van der Waals surface area (Å²) in [7, 11) is 1.71. The number of benzene rings is 1. The van der Waals surface area contributed by atoms with Crippen LogP contribution in [0.5, 0.6) is 5.75 Å². The Morgan fingerprint density at radius 3 is 2.91 bits per heavy atom. The van der Waals surface area contributed by atoms with Crippen LogP contribution < -0.4 is 4.74 Å². The number of piperidine rings is 1. The summed E-state index contributed by atoms with van der Waals surface area (Å²) in [6.45, 7) is 5.91. The molecule has 2 aliphatic heterocycles. The molecular weight excluding hydrogens is 290 g/mol. The van der Waals surface area contributed by atoms with Crippen LogP contribution in [0, 0.1) is 0 Å². The third kappa shape index (κ3) is 3.00. The second kappa shape index (κ2) is 6.75. The number of nitrogens with zero attached hydrogens (tertiary/aromatic N) is 1. The van der Waals surface area contributed by atoms with Crippen LogP contribution in [-0.2, 0) is 21.6 Å². The predicted octanol–water partition coefficient (Wildman–Crippen LogP) is 3.05. The van der Waals surface area contributed by atoms with Crippen LogP contribution in [0.15, 0.2) is 30.9 Å². The molecule has 1 fully saturated rings. The molecule has 124 valence electrons. The molecule has 4 heteroatoms. The molecule has 23 heavy (non-hydrogen) atoms. The lowest BCUT2D eigenvalue weighted by molar-refractivity contribution is -0.140. The van der Waals surface area contributed by atoms with Crippen molar-refractivity contribution < 1.29 is 14.3 Å². The number of rotatable bonds is 4. The third-order valence-electron chi connectivity index (χ3n) is 5.02. The molecule has 3 rings (SSSR count). The maximum absolute atomic E-state index is 12.2. The second-order valence-corrected chi connectivity index (χ2v) is 6.30. The molecule has 0 bridgehead atoms. The van der Waals surface area contributed by atoms with Gasteiger partial charge in [-0.3, -0.25) is 4.79 Å². The summed E-state index contributed by atoms with van der Waals surface area (Å²) in [5, 5.41) is 0. The summed E-state index contributed by atoms with van der Waals surface area (Å²) in [6, 6.07) is 6.23. The van der Waals surface area contributed by atoms with Gasteiger partial charge in [-0.25, -0.2) is 0 Å². The van der Waals surface area contributed by atoms with E-state index in [0.717, 1.165) is 51.1 Å². The van der Waals surface area contributed by atoms with E-state index in [0.29, 0.717) is 6.42 Å². The average molecular weight is 315 g/mol. The van der Waals surface area contributed by atoms with Gasteiger partial charge in [0, 0.05) is 25.1 Å². The highest BCUT2D eigenvalue weighted by molar-refractivity contribution is 5.76. The SMILES string of the molecule is C=CCCC(=O)N1CCC2(CC1)OCCc1cccc(OC)c12. The van der Waals surface area contributed by atoms with Gasteiger partial charge in [0.15, 0.2) is 0 Å². The molecule has 1 spiro atoms. The van der Waals surface area contributed by atoms with Gasteiger partial charge in [-0.1, -0.05) is 18.2 Å². The molecule has 0 unspecified atom stereocenters. The van der Waals surface area contributed by atoms with Crippen molar-refractivity contribution in [3.63, 3.8) is 0 Å². The summed E-state index contributed by atoms with van der Waals surface area (Å²) >= 11 is 0. The highest BCUT2D eigenvalue weighted by Crippen LogP contribution is 2.45. The van der Waals surface area contributed by atoms with E-state index >= 15 is 0 Å². The number of carbonyl (C=O) groups is 1. The molecule has 2 aliphatic rings. The molecule has 0 atom stereocenters. The summed E-state index contributed by atoms with van der Waals surface area (Å²) < 4.78 is 11.8. The van der Waals surface area contributed by atoms with Gasteiger partial charge in [0.2, 0.25) is 5.91 Å². The fraction of sp³-hybridized carbons (Fsp3) is 0.526. The van der Waals surface area contributed by atoms with Crippen LogP contribution in [0.4, 0.5) is 0 Å². The zero-order valence-corrected chi connectivity index (χ0v) is 13.8. The first kappa shape index (κ1) is 16.1. The lowest BCUT2D eigenvalue weighted by atomic mass is 9.78. The van der Waals surface area contributed by atoms with E-state index in [-0.39, 0.29) is 11.5 Å². The number of hydrogen-bond donors (Lipinski definition) is 0. The molecule has 0 aliphatic carbocycles. The van der Waals surface area contributed by atoms with Gasteiger partial charge < -0.3 is 14.4 Å². The van der Waals surface area contributed by atoms with E-state index in [9.17, 15) is 4.79 Å². The molecule has 0 N–H and O–H groups in total. The number of ether oxygens (including phenoxy) is 2. The monoisotopic (exact) mass is 315 g/mol. The van der Waals surface area contributed by atoms with Gasteiger partial charge in [-0.15, -0.1) is 6.58 Å². The van der Waals surface area contributed by atoms with Gasteiger partial charge >= 0.3 is 0 Å². The van der Waals surface area contributed by atoms with Gasteiger partial charge in [-0.2, -0.15) is 0 Å². The molecule has 0 aromatic heterocycles. The van der Waals surface area contributed by atoms with Crippen molar-refractivity contribution in [2.75, 3.05) is 26.8 Å². The maximum atomic E-state index is 12.2. The average Bonchev–Trinajstić information content (AvgIpc) is 2.60. The summed E-state index contributed by atoms with van der Waals surface area (Å²) in [4.78, 5) is 14.2. The Morgan fingerprint density at radius 2 is 2.22 bits per heavy atom. The molecular formula is C19H25NO3. The van der Waals surface area contributed by atoms with E-state index < -0.39 is 0 Å². The van der Waals surface area contributed by atoms with Gasteiger partial charge in [0.05, 0.1) is 13.7 Å². The van der Waals surface area contributed by atoms with E-state index in [1.165, 1.54) is 11.1 Å². The van der Waals surface area contributed by atoms with E-state index in [2.05, 4.69) is 12.6 Å². The number of amides is 1. The van der Waals surface area contributed by atoms with E-state index in [1.54, 1.807) is 13.2 Å². The minimum Gasteiger partial charge on any atom is -0.496 e. The van der Waals surface area contributed by atoms with Crippen molar-refractivity contribution in [2.45, 2.75) is 37.7 Å². The van der Waals surface area contributed by atoms with Gasteiger partial charge in [-0.05, 0) is 37.3 Å². The van der Waals surface area contributed by atoms with Crippen LogP contribution in [0.3, 0.4) is 0 Å². The zero-order valence-electron chi connectivity index (χ0n) is 13.8. The molecule has 2 heterocycles. The van der Waals surface area contributed by atoms with Gasteiger partial charge in [0.25, 0.3) is 0 Å². The van der Waals surface area contributed by atoms with Crippen LogP contribution in [-0.4, -0.2) is 37.6 Å². The van der Waals surface area contributed by atoms with Crippen LogP contribution in [0.2, 0.25) is 0 Å². The molecule has 1 amide bonds. The number of likely N-dealkylation sites (tertiary alicyclic amines) is 1. The zero-order chi connectivity index (χ0) is 16.3. The summed E-state index contributed by atoms with van der Waals surface area (Å²) in [5.74, 6) is 1.13. The smallest absolute Gasteiger partial charge is 0.222 e. The standard InChI is InChI=1S/C19H25NO3/c1-3-4-8-17(21)20-12-10-19(11-13-20)18-15(9-14-23-19)6-5-7-16(18)22-2/h3,5-7H,1,4,8-14H2,2H3. The van der Waals surface area contributed by atoms with Crippen LogP contribution in [0.25, 0.3) is 0 Å². The molecule has 1 saturated heterocycles. The quantitative estimate of drug-likeness (QED) is 0.802. The first-order valence-corrected chi connectivity index (χ1v) is 8.39. The Hall–Kier alpha value is -1.81. The Kier molecular flexibility index (Phi) is 4.71. The first-order chi connectivity index (χ1) is 11.2. The first-order valence-electron chi connectivity index (χ1n) is 8.39. The second-order valence-electron chi connectivity index (χ2n) is 6.30. The van der Waals surface area contributed by atoms with Crippen molar-refractivity contribution in [2.24, 2.45) is 0 Å². The largest absolute Gasteiger partial charge is 0.496 e. The normalized spacial score (nSPS) is 19.3. The molecule has 0 saturated carbocycles. The van der Waals surface area contributed by atoms with E-state index in [4.69, 9.17) is 9.47 Å². The molecule has 4 nitrogen and oxygen atoms in total. The lowest BCUT2D eigenvalue weighted by Gasteiger charge is -2.45. The fourth-order valence-corrected chi connectivity index (χ4v) is 3.80. The highest BCUT2D eigenvalue weighted by Gasteiger charge is 2.43.